The average Bonchev–Trinajstić information content (AvgIpc) is 1.66. The van der Waals surface area contributed by atoms with Crippen molar-refractivity contribution < 1.29 is 62.7 Å². The highest BCUT2D eigenvalue weighted by Crippen LogP contribution is 2.26. The van der Waals surface area contributed by atoms with E-state index >= 15 is 0 Å². The molecule has 0 fully saturated rings. The summed E-state index contributed by atoms with van der Waals surface area (Å²) in [7, 11) is 5.35. The maximum absolute atomic E-state index is 11.7. The molecule has 7 aromatic heterocycles. The number of aromatic carboxylic acids is 2. The molecule has 8 aromatic carbocycles. The second kappa shape index (κ2) is 46.0. The molecule has 0 spiro atoms. The number of hydrogen-bond acceptors (Lipinski definition) is 25. The van der Waals surface area contributed by atoms with E-state index < -0.39 is 23.9 Å². The minimum atomic E-state index is -0.965. The number of nitrogens with two attached hydrogens (primary N) is 3. The van der Waals surface area contributed by atoms with Crippen LogP contribution in [-0.2, 0) is 45.1 Å². The van der Waals surface area contributed by atoms with Gasteiger partial charge in [0.15, 0.2) is 0 Å². The molecular formula is C95H94N16O13. The van der Waals surface area contributed by atoms with E-state index in [-0.39, 0.29) is 23.1 Å². The largest absolute Gasteiger partial charge is 0.478 e. The lowest BCUT2D eigenvalue weighted by atomic mass is 10.1. The fourth-order valence-corrected chi connectivity index (χ4v) is 11.6. The quantitative estimate of drug-likeness (QED) is 0.0138. The predicted octanol–water partition coefficient (Wildman–Crippen LogP) is 17.0. The van der Waals surface area contributed by atoms with Crippen molar-refractivity contribution in [3.63, 3.8) is 0 Å². The number of ether oxygens (including phenoxy) is 4. The van der Waals surface area contributed by atoms with Crippen LogP contribution in [0.25, 0.3) is 44.8 Å². The number of esters is 4. The summed E-state index contributed by atoms with van der Waals surface area (Å²) < 4.78 is 18.3. The summed E-state index contributed by atoms with van der Waals surface area (Å²) >= 11 is 0. The number of aromatic amines is 2. The number of imidazole rings is 2. The molecule has 0 aliphatic carbocycles. The number of methoxy groups -OCH3 is 4. The van der Waals surface area contributed by atoms with Crippen LogP contribution in [0.5, 0.6) is 0 Å². The van der Waals surface area contributed by atoms with Gasteiger partial charge < -0.3 is 77.6 Å². The van der Waals surface area contributed by atoms with Gasteiger partial charge >= 0.3 is 35.8 Å². The Hall–Kier alpha value is -16.5. The second-order valence-corrected chi connectivity index (χ2v) is 27.7. The van der Waals surface area contributed by atoms with E-state index in [1.807, 2.05) is 86.6 Å². The lowest BCUT2D eigenvalue weighted by Gasteiger charge is -2.07. The number of nitrogens with zero attached hydrogens (tertiary/aromatic N) is 7. The van der Waals surface area contributed by atoms with Crippen LogP contribution in [0.2, 0.25) is 0 Å². The number of H-pyrrole nitrogens is 2. The first kappa shape index (κ1) is 91.4. The van der Waals surface area contributed by atoms with Crippen molar-refractivity contribution in [3.05, 3.63) is 357 Å². The van der Waals surface area contributed by atoms with Gasteiger partial charge in [-0.05, 0) is 178 Å². The number of benzene rings is 8. The van der Waals surface area contributed by atoms with Crippen LogP contribution < -0.4 is 38.5 Å². The summed E-state index contributed by atoms with van der Waals surface area (Å²) in [6, 6.07) is 72.8. The number of carboxylic acid groups (broad SMARTS) is 2. The van der Waals surface area contributed by atoms with Crippen LogP contribution in [0.3, 0.4) is 0 Å². The van der Waals surface area contributed by atoms with Gasteiger partial charge in [-0.1, -0.05) is 143 Å². The van der Waals surface area contributed by atoms with Crippen molar-refractivity contribution in [2.75, 3.05) is 66.9 Å². The number of carbonyl (C=O) groups is 7. The number of rotatable bonds is 21. The van der Waals surface area contributed by atoms with E-state index in [4.69, 9.17) is 32.2 Å². The first-order valence-corrected chi connectivity index (χ1v) is 38.5. The highest BCUT2D eigenvalue weighted by molar-refractivity contribution is 5.95. The third-order valence-corrected chi connectivity index (χ3v) is 18.0. The maximum Gasteiger partial charge on any atom is 0.339 e. The summed E-state index contributed by atoms with van der Waals surface area (Å²) in [6.45, 7) is 13.0. The summed E-state index contributed by atoms with van der Waals surface area (Å²) in [4.78, 5) is 113. The monoisotopic (exact) mass is 1670 g/mol. The van der Waals surface area contributed by atoms with Gasteiger partial charge in [-0.2, -0.15) is 0 Å². The van der Waals surface area contributed by atoms with Crippen molar-refractivity contribution >= 4 is 105 Å². The smallest absolute Gasteiger partial charge is 0.339 e. The average molecular weight is 1670 g/mol. The molecule has 15 aromatic rings. The van der Waals surface area contributed by atoms with Gasteiger partial charge in [0.25, 0.3) is 0 Å². The summed E-state index contributed by atoms with van der Waals surface area (Å²) in [5.74, 6) is 1.24. The number of nitrogen functional groups attached to an aromatic ring is 3. The van der Waals surface area contributed by atoms with E-state index in [9.17, 15) is 33.6 Å². The lowest BCUT2D eigenvalue weighted by molar-refractivity contribution is 0.0591. The van der Waals surface area contributed by atoms with Crippen molar-refractivity contribution in [2.45, 2.75) is 60.8 Å². The molecule has 29 heteroatoms. The zero-order valence-corrected chi connectivity index (χ0v) is 69.6. The zero-order chi connectivity index (χ0) is 89.0. The molecule has 0 aliphatic heterocycles. The standard InChI is InChI=1S/C22H20N4O2.C21H18N4O2.C15H16N2O2.C14H14N2O2.C8H10N2O2.C8H8O.C7H8N2O2/c1-14-4-3-5-15(10-14)12-23-20-9-7-17(13-24-20)21-25-18-8-6-16(22(27)28-2)11-19(18)26-21;1-13-3-2-4-14(9-13)11-22-19-8-6-16(12-23-19)20-24-17-7-5-15(21(26)27)10-18(17)25-20;1-11-4-3-5-12(8-11)9-16-14-7-6-13(10-17-14)15(18)19-2;1-10-3-2-4-11(7-10)8-15-13-6-5-12(9-16-13)14(17)18;1-12-8(11)5-2-3-6(9)7(10)4-5;1-7-3-2-4-8(5-7)6-9;1-11-7(10)5-2-3-6(8)9-4-5/h3-11,13H,12H2,1-2H3,(H,23,24)(H,25,26);2-10,12H,11H2,1H3,(H,22,23)(H,24,25)(H,26,27);3-8,10H,9H2,1-2H3,(H,16,17);2-7,9H,8H2,1H3,(H,15,16)(H,17,18);2-4H,9-10H2,1H3;2-6H,1H3;2-4H,1H3,(H2,8,9). The highest BCUT2D eigenvalue weighted by Gasteiger charge is 2.15. The summed E-state index contributed by atoms with van der Waals surface area (Å²) in [5.41, 5.74) is 35.5. The van der Waals surface area contributed by atoms with Gasteiger partial charge in [0.2, 0.25) is 0 Å². The number of aldehydes is 1. The van der Waals surface area contributed by atoms with Gasteiger partial charge in [0, 0.05) is 73.9 Å². The molecule has 0 radical (unpaired) electrons. The molecule has 0 amide bonds. The molecule has 14 N–H and O–H groups in total. The molecule has 0 saturated heterocycles. The Bertz CT molecular complexity index is 6110. The Kier molecular flexibility index (Phi) is 34.0. The Morgan fingerprint density at radius 3 is 1.01 bits per heavy atom. The van der Waals surface area contributed by atoms with E-state index in [2.05, 4.69) is 168 Å². The van der Waals surface area contributed by atoms with Crippen LogP contribution in [-0.4, -0.2) is 126 Å². The number of nitrogens with one attached hydrogen (secondary N) is 6. The first-order valence-electron chi connectivity index (χ1n) is 38.5. The lowest BCUT2D eigenvalue weighted by Crippen LogP contribution is -2.04. The highest BCUT2D eigenvalue weighted by atomic mass is 16.5. The number of carboxylic acids is 2. The molecule has 0 aliphatic rings. The van der Waals surface area contributed by atoms with Gasteiger partial charge in [-0.15, -0.1) is 0 Å². The Morgan fingerprint density at radius 2 is 0.677 bits per heavy atom. The van der Waals surface area contributed by atoms with Gasteiger partial charge in [0.05, 0.1) is 95.3 Å². The van der Waals surface area contributed by atoms with Crippen molar-refractivity contribution in [1.82, 2.24) is 44.9 Å². The van der Waals surface area contributed by atoms with E-state index in [0.29, 0.717) is 82.1 Å². The van der Waals surface area contributed by atoms with Gasteiger partial charge in [-0.25, -0.2) is 63.7 Å². The minimum Gasteiger partial charge on any atom is -0.478 e. The van der Waals surface area contributed by atoms with Crippen molar-refractivity contribution in [3.8, 4) is 22.8 Å². The van der Waals surface area contributed by atoms with E-state index in [1.54, 1.807) is 97.3 Å². The number of anilines is 7. The van der Waals surface area contributed by atoms with Crippen molar-refractivity contribution in [1.29, 1.82) is 0 Å². The number of pyridine rings is 5. The second-order valence-electron chi connectivity index (χ2n) is 27.7. The molecule has 29 nitrogen and oxygen atoms in total. The summed E-state index contributed by atoms with van der Waals surface area (Å²) in [5, 5.41) is 30.8. The zero-order valence-electron chi connectivity index (χ0n) is 69.6. The van der Waals surface area contributed by atoms with Crippen LogP contribution >= 0.6 is 0 Å². The molecule has 0 bridgehead atoms. The molecule has 0 saturated carbocycles. The Labute approximate surface area is 715 Å². The predicted molar refractivity (Wildman–Crippen MR) is 481 cm³/mol. The Morgan fingerprint density at radius 1 is 0.347 bits per heavy atom. The number of aryl methyl sites for hydroxylation is 5. The molecule has 0 unspecified atom stereocenters. The number of aromatic nitrogens is 9. The number of carbonyl (C=O) groups excluding carboxylic acids is 5. The fraction of sp³-hybridized carbons (Fsp3) is 0.137. The molecule has 7 heterocycles. The number of hydrogen-bond donors (Lipinski definition) is 11. The van der Waals surface area contributed by atoms with Crippen LogP contribution in [0.4, 0.5) is 40.5 Å². The van der Waals surface area contributed by atoms with Gasteiger partial charge in [-0.3, -0.25) is 4.79 Å². The normalized spacial score (nSPS) is 10.2. The molecule has 15 rings (SSSR count). The Balaban J connectivity index is 0.000000170. The van der Waals surface area contributed by atoms with Crippen LogP contribution in [0.1, 0.15) is 123 Å². The van der Waals surface area contributed by atoms with Gasteiger partial charge in [0.1, 0.15) is 47.0 Å². The topological polar surface area (TPSA) is 445 Å². The van der Waals surface area contributed by atoms with Crippen LogP contribution in [0, 0.1) is 34.6 Å². The third-order valence-electron chi connectivity index (χ3n) is 18.0. The maximum atomic E-state index is 11.7. The minimum absolute atomic E-state index is 0.191. The SMILES string of the molecule is COC(=O)c1ccc(N)c(N)c1.COC(=O)c1ccc(N)nc1.COC(=O)c1ccc(NCc2cccc(C)c2)nc1.COC(=O)c1ccc2nc(-c3ccc(NCc4cccc(C)c4)nc3)[nH]c2c1.Cc1cccc(C=O)c1.Cc1cccc(CNc2ccc(-c3nc4ccc(C(=O)O)cc4[nH]3)cn2)c1.Cc1cccc(CNc2ccc(C(=O)O)cn2)c1. The first-order chi connectivity index (χ1) is 59.7. The van der Waals surface area contributed by atoms with E-state index in [0.717, 1.165) is 69.1 Å². The molecule has 632 valence electrons. The van der Waals surface area contributed by atoms with E-state index in [1.165, 1.54) is 104 Å². The third kappa shape index (κ3) is 28.7. The fourth-order valence-electron chi connectivity index (χ4n) is 11.6. The van der Waals surface area contributed by atoms with Crippen molar-refractivity contribution in [2.24, 2.45) is 0 Å². The number of fused-ring (bicyclic) bond motifs is 2. The molecule has 0 atom stereocenters. The molecule has 124 heavy (non-hydrogen) atoms. The summed E-state index contributed by atoms with van der Waals surface area (Å²) in [6.07, 6.45) is 8.60. The van der Waals surface area contributed by atoms with Crippen LogP contribution in [0.15, 0.2) is 268 Å². The molecular weight excluding hydrogens is 1570 g/mol.